The molecule has 4 heteroatoms. The summed E-state index contributed by atoms with van der Waals surface area (Å²) in [7, 11) is 0. The molecule has 0 saturated carbocycles. The molecule has 0 saturated heterocycles. The Morgan fingerprint density at radius 1 is 1.15 bits per heavy atom. The van der Waals surface area contributed by atoms with Crippen LogP contribution in [0.5, 0.6) is 11.5 Å². The minimum Gasteiger partial charge on any atom is -0.454 e. The van der Waals surface area contributed by atoms with Crippen molar-refractivity contribution in [3.8, 4) is 11.5 Å². The van der Waals surface area contributed by atoms with Crippen LogP contribution in [0.1, 0.15) is 24.2 Å². The van der Waals surface area contributed by atoms with E-state index < -0.39 is 0 Å². The second-order valence-electron chi connectivity index (χ2n) is 4.81. The summed E-state index contributed by atoms with van der Waals surface area (Å²) in [5.41, 5.74) is 8.67. The highest BCUT2D eigenvalue weighted by atomic mass is 16.7. The Kier molecular flexibility index (Phi) is 3.48. The summed E-state index contributed by atoms with van der Waals surface area (Å²) in [4.78, 5) is 0. The Bertz CT molecular complexity index is 612. The largest absolute Gasteiger partial charge is 0.454 e. The third-order valence-corrected chi connectivity index (χ3v) is 3.32. The van der Waals surface area contributed by atoms with E-state index in [-0.39, 0.29) is 6.10 Å². The van der Waals surface area contributed by atoms with E-state index in [1.54, 1.807) is 0 Å². The first-order valence-corrected chi connectivity index (χ1v) is 6.58. The third-order valence-electron chi connectivity index (χ3n) is 3.32. The van der Waals surface area contributed by atoms with Gasteiger partial charge in [0.05, 0.1) is 12.7 Å². The van der Waals surface area contributed by atoms with Gasteiger partial charge in [-0.25, -0.2) is 0 Å². The van der Waals surface area contributed by atoms with Crippen LogP contribution in [-0.4, -0.2) is 6.79 Å². The van der Waals surface area contributed by atoms with Gasteiger partial charge in [-0.2, -0.15) is 0 Å². The van der Waals surface area contributed by atoms with Gasteiger partial charge in [-0.05, 0) is 42.3 Å². The standard InChI is InChI=1S/C16H17NO3/c1-11(13-3-2-4-14(17)8-13)18-9-12-5-6-15-16(7-12)20-10-19-15/h2-8,11H,9-10,17H2,1H3. The van der Waals surface area contributed by atoms with E-state index in [9.17, 15) is 0 Å². The average molecular weight is 271 g/mol. The first-order valence-electron chi connectivity index (χ1n) is 6.58. The second kappa shape index (κ2) is 5.43. The predicted octanol–water partition coefficient (Wildman–Crippen LogP) is 3.28. The number of nitrogens with two attached hydrogens (primary N) is 1. The van der Waals surface area contributed by atoms with Crippen LogP contribution in [-0.2, 0) is 11.3 Å². The topological polar surface area (TPSA) is 53.7 Å². The lowest BCUT2D eigenvalue weighted by molar-refractivity contribution is 0.0525. The normalized spacial score (nSPS) is 14.2. The molecule has 104 valence electrons. The molecule has 0 aliphatic carbocycles. The maximum atomic E-state index is 5.88. The van der Waals surface area contributed by atoms with Crippen molar-refractivity contribution in [2.45, 2.75) is 19.6 Å². The lowest BCUT2D eigenvalue weighted by Crippen LogP contribution is -2.01. The van der Waals surface area contributed by atoms with Crippen LogP contribution in [0.15, 0.2) is 42.5 Å². The van der Waals surface area contributed by atoms with E-state index >= 15 is 0 Å². The van der Waals surface area contributed by atoms with Gasteiger partial charge in [0, 0.05) is 5.69 Å². The van der Waals surface area contributed by atoms with Crippen molar-refractivity contribution >= 4 is 5.69 Å². The molecule has 2 aromatic rings. The zero-order valence-corrected chi connectivity index (χ0v) is 11.3. The molecule has 0 aromatic heterocycles. The molecule has 20 heavy (non-hydrogen) atoms. The molecule has 2 N–H and O–H groups in total. The van der Waals surface area contributed by atoms with E-state index in [1.165, 1.54) is 0 Å². The summed E-state index contributed by atoms with van der Waals surface area (Å²) in [5.74, 6) is 1.57. The number of nitrogen functional groups attached to an aromatic ring is 1. The van der Waals surface area contributed by atoms with E-state index in [2.05, 4.69) is 0 Å². The monoisotopic (exact) mass is 271 g/mol. The zero-order valence-electron chi connectivity index (χ0n) is 11.3. The van der Waals surface area contributed by atoms with Crippen molar-refractivity contribution in [1.29, 1.82) is 0 Å². The van der Waals surface area contributed by atoms with Crippen molar-refractivity contribution in [3.05, 3.63) is 53.6 Å². The number of hydrogen-bond donors (Lipinski definition) is 1. The minimum atomic E-state index is -0.0103. The summed E-state index contributed by atoms with van der Waals surface area (Å²) < 4.78 is 16.5. The van der Waals surface area contributed by atoms with Gasteiger partial charge in [0.25, 0.3) is 0 Å². The molecule has 0 spiro atoms. The molecular weight excluding hydrogens is 254 g/mol. The van der Waals surface area contributed by atoms with Crippen molar-refractivity contribution in [1.82, 2.24) is 0 Å². The summed E-state index contributed by atoms with van der Waals surface area (Å²) in [6.45, 7) is 2.83. The van der Waals surface area contributed by atoms with Crippen LogP contribution in [0.25, 0.3) is 0 Å². The van der Waals surface area contributed by atoms with E-state index in [4.69, 9.17) is 19.9 Å². The van der Waals surface area contributed by atoms with Crippen LogP contribution in [0.2, 0.25) is 0 Å². The highest BCUT2D eigenvalue weighted by Crippen LogP contribution is 2.33. The smallest absolute Gasteiger partial charge is 0.231 e. The van der Waals surface area contributed by atoms with Gasteiger partial charge in [0.15, 0.2) is 11.5 Å². The van der Waals surface area contributed by atoms with Crippen LogP contribution in [0.3, 0.4) is 0 Å². The molecule has 1 heterocycles. The maximum Gasteiger partial charge on any atom is 0.231 e. The van der Waals surface area contributed by atoms with E-state index in [0.717, 1.165) is 28.3 Å². The zero-order chi connectivity index (χ0) is 13.9. The van der Waals surface area contributed by atoms with Gasteiger partial charge < -0.3 is 19.9 Å². The Morgan fingerprint density at radius 2 is 2.00 bits per heavy atom. The summed E-state index contributed by atoms with van der Waals surface area (Å²) >= 11 is 0. The Labute approximate surface area is 118 Å². The third kappa shape index (κ3) is 2.70. The van der Waals surface area contributed by atoms with Gasteiger partial charge in [0.1, 0.15) is 0 Å². The lowest BCUT2D eigenvalue weighted by Gasteiger charge is -2.14. The first-order chi connectivity index (χ1) is 9.72. The highest BCUT2D eigenvalue weighted by molar-refractivity contribution is 5.44. The molecule has 1 atom stereocenters. The fraction of sp³-hybridized carbons (Fsp3) is 0.250. The molecule has 2 aromatic carbocycles. The quantitative estimate of drug-likeness (QED) is 0.867. The number of ether oxygens (including phenoxy) is 3. The molecule has 0 radical (unpaired) electrons. The fourth-order valence-corrected chi connectivity index (χ4v) is 2.16. The SMILES string of the molecule is CC(OCc1ccc2c(c1)OCO2)c1cccc(N)c1. The number of hydrogen-bond acceptors (Lipinski definition) is 4. The Morgan fingerprint density at radius 3 is 2.85 bits per heavy atom. The van der Waals surface area contributed by atoms with Gasteiger partial charge in [-0.1, -0.05) is 18.2 Å². The molecule has 3 rings (SSSR count). The molecule has 0 fully saturated rings. The summed E-state index contributed by atoms with van der Waals surface area (Å²) in [6.07, 6.45) is -0.0103. The van der Waals surface area contributed by atoms with Crippen LogP contribution >= 0.6 is 0 Å². The average Bonchev–Trinajstić information content (AvgIpc) is 2.92. The predicted molar refractivity (Wildman–Crippen MR) is 76.6 cm³/mol. The molecule has 0 amide bonds. The lowest BCUT2D eigenvalue weighted by atomic mass is 10.1. The Balaban J connectivity index is 1.64. The fourth-order valence-electron chi connectivity index (χ4n) is 2.16. The van der Waals surface area contributed by atoms with Crippen molar-refractivity contribution in [3.63, 3.8) is 0 Å². The van der Waals surface area contributed by atoms with Gasteiger partial charge in [0.2, 0.25) is 6.79 Å². The number of fused-ring (bicyclic) bond motifs is 1. The first kappa shape index (κ1) is 12.8. The molecule has 1 unspecified atom stereocenters. The maximum absolute atomic E-state index is 5.88. The molecular formula is C16H17NO3. The Hall–Kier alpha value is -2.20. The number of anilines is 1. The molecule has 1 aliphatic heterocycles. The van der Waals surface area contributed by atoms with Crippen molar-refractivity contribution in [2.24, 2.45) is 0 Å². The molecule has 4 nitrogen and oxygen atoms in total. The number of benzene rings is 2. The number of rotatable bonds is 4. The highest BCUT2D eigenvalue weighted by Gasteiger charge is 2.14. The second-order valence-corrected chi connectivity index (χ2v) is 4.81. The van der Waals surface area contributed by atoms with E-state index in [0.29, 0.717) is 13.4 Å². The molecule has 0 bridgehead atoms. The van der Waals surface area contributed by atoms with Crippen LogP contribution in [0, 0.1) is 0 Å². The van der Waals surface area contributed by atoms with Gasteiger partial charge in [-0.15, -0.1) is 0 Å². The van der Waals surface area contributed by atoms with Crippen molar-refractivity contribution < 1.29 is 14.2 Å². The van der Waals surface area contributed by atoms with Crippen LogP contribution < -0.4 is 15.2 Å². The van der Waals surface area contributed by atoms with Crippen molar-refractivity contribution in [2.75, 3.05) is 12.5 Å². The van der Waals surface area contributed by atoms with Gasteiger partial charge >= 0.3 is 0 Å². The summed E-state index contributed by atoms with van der Waals surface area (Å²) in [5, 5.41) is 0. The van der Waals surface area contributed by atoms with E-state index in [1.807, 2.05) is 49.4 Å². The minimum absolute atomic E-state index is 0.0103. The summed E-state index contributed by atoms with van der Waals surface area (Å²) in [6, 6.07) is 13.6. The molecule has 1 aliphatic rings. The van der Waals surface area contributed by atoms with Gasteiger partial charge in [-0.3, -0.25) is 0 Å². The van der Waals surface area contributed by atoms with Crippen LogP contribution in [0.4, 0.5) is 5.69 Å².